The number of aryl methyl sites for hydroxylation is 1. The summed E-state index contributed by atoms with van der Waals surface area (Å²) in [5, 5.41) is 11.7. The molecule has 21 heavy (non-hydrogen) atoms. The van der Waals surface area contributed by atoms with Crippen molar-refractivity contribution in [3.63, 3.8) is 0 Å². The fourth-order valence-electron chi connectivity index (χ4n) is 1.95. The third-order valence-corrected chi connectivity index (χ3v) is 3.10. The zero-order chi connectivity index (χ0) is 15.2. The van der Waals surface area contributed by atoms with E-state index in [0.29, 0.717) is 22.4 Å². The number of benzene rings is 2. The summed E-state index contributed by atoms with van der Waals surface area (Å²) >= 11 is 0. The predicted molar refractivity (Wildman–Crippen MR) is 76.1 cm³/mol. The molecule has 1 unspecified atom stereocenters. The Balaban J connectivity index is 2.18. The molecule has 2 aromatic carbocycles. The maximum absolute atomic E-state index is 13.2. The van der Waals surface area contributed by atoms with Gasteiger partial charge < -0.3 is 4.74 Å². The van der Waals surface area contributed by atoms with Gasteiger partial charge in [-0.15, -0.1) is 4.91 Å². The van der Waals surface area contributed by atoms with E-state index in [4.69, 9.17) is 10.00 Å². The molecule has 0 N–H and O–H groups in total. The molecule has 0 bridgehead atoms. The molecule has 106 valence electrons. The minimum absolute atomic E-state index is 0.176. The van der Waals surface area contributed by atoms with Crippen LogP contribution in [0.5, 0.6) is 5.75 Å². The SMILES string of the molecule is Cc1cc(OCc2ccccc2C(C#N)N=O)ccc1F. The summed E-state index contributed by atoms with van der Waals surface area (Å²) in [4.78, 5) is 10.7. The second-order valence-electron chi connectivity index (χ2n) is 4.54. The highest BCUT2D eigenvalue weighted by Crippen LogP contribution is 2.23. The number of halogens is 1. The van der Waals surface area contributed by atoms with E-state index in [2.05, 4.69) is 5.18 Å². The molecule has 0 saturated heterocycles. The van der Waals surface area contributed by atoms with Gasteiger partial charge in [-0.3, -0.25) is 0 Å². The molecule has 5 heteroatoms. The van der Waals surface area contributed by atoms with Gasteiger partial charge in [0.25, 0.3) is 0 Å². The number of rotatable bonds is 5. The first kappa shape index (κ1) is 14.7. The van der Waals surface area contributed by atoms with Gasteiger partial charge in [-0.05, 0) is 41.4 Å². The second-order valence-corrected chi connectivity index (χ2v) is 4.54. The molecule has 2 aromatic rings. The Kier molecular flexibility index (Phi) is 4.62. The topological polar surface area (TPSA) is 62.4 Å². The molecule has 0 saturated carbocycles. The van der Waals surface area contributed by atoms with Crippen molar-refractivity contribution in [2.75, 3.05) is 0 Å². The summed E-state index contributed by atoms with van der Waals surface area (Å²) < 4.78 is 18.8. The molecule has 1 atom stereocenters. The van der Waals surface area contributed by atoms with Crippen LogP contribution < -0.4 is 4.74 Å². The Morgan fingerprint density at radius 1 is 1.33 bits per heavy atom. The van der Waals surface area contributed by atoms with Crippen molar-refractivity contribution in [2.45, 2.75) is 19.6 Å². The second kappa shape index (κ2) is 6.62. The van der Waals surface area contributed by atoms with E-state index in [1.807, 2.05) is 6.07 Å². The van der Waals surface area contributed by atoms with E-state index in [1.54, 1.807) is 37.3 Å². The molecule has 0 radical (unpaired) electrons. The highest BCUT2D eigenvalue weighted by Gasteiger charge is 2.15. The van der Waals surface area contributed by atoms with Gasteiger partial charge in [0.05, 0.1) is 6.07 Å². The van der Waals surface area contributed by atoms with Crippen LogP contribution in [-0.4, -0.2) is 0 Å². The highest BCUT2D eigenvalue weighted by molar-refractivity contribution is 5.34. The largest absolute Gasteiger partial charge is 0.489 e. The lowest BCUT2D eigenvalue weighted by atomic mass is 10.0. The van der Waals surface area contributed by atoms with Crippen molar-refractivity contribution in [3.8, 4) is 11.8 Å². The van der Waals surface area contributed by atoms with Crippen LogP contribution in [0.3, 0.4) is 0 Å². The van der Waals surface area contributed by atoms with E-state index in [0.717, 1.165) is 0 Å². The third-order valence-electron chi connectivity index (χ3n) is 3.10. The molecule has 0 amide bonds. The van der Waals surface area contributed by atoms with Crippen molar-refractivity contribution in [1.29, 1.82) is 5.26 Å². The Bertz CT molecular complexity index is 695. The van der Waals surface area contributed by atoms with Crippen LogP contribution in [0.2, 0.25) is 0 Å². The zero-order valence-corrected chi connectivity index (χ0v) is 11.4. The first-order chi connectivity index (χ1) is 10.2. The molecule has 4 nitrogen and oxygen atoms in total. The number of nitroso groups, excluding NO2 is 1. The van der Waals surface area contributed by atoms with Crippen molar-refractivity contribution in [2.24, 2.45) is 5.18 Å². The van der Waals surface area contributed by atoms with Crippen LogP contribution in [0, 0.1) is 29.0 Å². The van der Waals surface area contributed by atoms with Gasteiger partial charge in [-0.2, -0.15) is 5.26 Å². The summed E-state index contributed by atoms with van der Waals surface area (Å²) in [5.74, 6) is 0.230. The smallest absolute Gasteiger partial charge is 0.203 e. The lowest BCUT2D eigenvalue weighted by Gasteiger charge is -2.11. The molecule has 0 heterocycles. The highest BCUT2D eigenvalue weighted by atomic mass is 19.1. The molecule has 2 rings (SSSR count). The number of hydrogen-bond donors (Lipinski definition) is 0. The van der Waals surface area contributed by atoms with Gasteiger partial charge >= 0.3 is 0 Å². The molecule has 0 aromatic heterocycles. The van der Waals surface area contributed by atoms with Crippen LogP contribution in [0.4, 0.5) is 4.39 Å². The summed E-state index contributed by atoms with van der Waals surface area (Å²) in [7, 11) is 0. The molecular formula is C16H13FN2O2. The zero-order valence-electron chi connectivity index (χ0n) is 11.4. The first-order valence-electron chi connectivity index (χ1n) is 6.34. The summed E-state index contributed by atoms with van der Waals surface area (Å²) in [5.41, 5.74) is 1.71. The molecule has 0 aliphatic rings. The maximum atomic E-state index is 13.2. The van der Waals surface area contributed by atoms with Gasteiger partial charge in [0.1, 0.15) is 18.2 Å². The van der Waals surface area contributed by atoms with Crippen LogP contribution >= 0.6 is 0 Å². The van der Waals surface area contributed by atoms with Gasteiger partial charge in [0, 0.05) is 5.56 Å². The van der Waals surface area contributed by atoms with Gasteiger partial charge in [-0.1, -0.05) is 24.3 Å². The van der Waals surface area contributed by atoms with Crippen LogP contribution in [-0.2, 0) is 6.61 Å². The Hall–Kier alpha value is -2.74. The van der Waals surface area contributed by atoms with Crippen molar-refractivity contribution >= 4 is 0 Å². The Morgan fingerprint density at radius 3 is 2.76 bits per heavy atom. The summed E-state index contributed by atoms with van der Waals surface area (Å²) in [6.07, 6.45) is 0. The monoisotopic (exact) mass is 284 g/mol. The lowest BCUT2D eigenvalue weighted by Crippen LogP contribution is -2.03. The van der Waals surface area contributed by atoms with Crippen molar-refractivity contribution < 1.29 is 9.13 Å². The van der Waals surface area contributed by atoms with E-state index in [-0.39, 0.29) is 12.4 Å². The quantitative estimate of drug-likeness (QED) is 0.778. The predicted octanol–water partition coefficient (Wildman–Crippen LogP) is 4.04. The molecule has 0 aliphatic carbocycles. The third kappa shape index (κ3) is 3.42. The Labute approximate surface area is 121 Å². The van der Waals surface area contributed by atoms with Crippen LogP contribution in [0.15, 0.2) is 47.6 Å². The number of ether oxygens (including phenoxy) is 1. The lowest BCUT2D eigenvalue weighted by molar-refractivity contribution is 0.304. The van der Waals surface area contributed by atoms with Crippen molar-refractivity contribution in [3.05, 3.63) is 69.9 Å². The summed E-state index contributed by atoms with van der Waals surface area (Å²) in [6.45, 7) is 1.83. The van der Waals surface area contributed by atoms with E-state index in [9.17, 15) is 9.30 Å². The average Bonchev–Trinajstić information content (AvgIpc) is 2.51. The number of nitriles is 1. The molecular weight excluding hydrogens is 271 g/mol. The van der Waals surface area contributed by atoms with E-state index in [1.165, 1.54) is 12.1 Å². The van der Waals surface area contributed by atoms with Crippen LogP contribution in [0.1, 0.15) is 22.7 Å². The normalized spacial score (nSPS) is 11.5. The fraction of sp³-hybridized carbons (Fsp3) is 0.188. The molecule has 0 aliphatic heterocycles. The molecule has 0 fully saturated rings. The molecule has 0 spiro atoms. The van der Waals surface area contributed by atoms with Gasteiger partial charge in [0.15, 0.2) is 0 Å². The summed E-state index contributed by atoms with van der Waals surface area (Å²) in [6, 6.07) is 12.2. The van der Waals surface area contributed by atoms with E-state index >= 15 is 0 Å². The average molecular weight is 284 g/mol. The van der Waals surface area contributed by atoms with Gasteiger partial charge in [0.2, 0.25) is 6.04 Å². The van der Waals surface area contributed by atoms with Crippen molar-refractivity contribution in [1.82, 2.24) is 0 Å². The number of nitrogens with zero attached hydrogens (tertiary/aromatic N) is 2. The first-order valence-corrected chi connectivity index (χ1v) is 6.34. The van der Waals surface area contributed by atoms with Crippen LogP contribution in [0.25, 0.3) is 0 Å². The Morgan fingerprint density at radius 2 is 2.10 bits per heavy atom. The minimum atomic E-state index is -1.06. The van der Waals surface area contributed by atoms with Gasteiger partial charge in [-0.25, -0.2) is 4.39 Å². The standard InChI is InChI=1S/C16H13FN2O2/c1-11-8-13(6-7-15(11)17)21-10-12-4-2-3-5-14(12)16(9-18)19-20/h2-8,16H,10H2,1H3. The number of hydrogen-bond acceptors (Lipinski definition) is 4. The fourth-order valence-corrected chi connectivity index (χ4v) is 1.95. The van der Waals surface area contributed by atoms with E-state index < -0.39 is 6.04 Å². The maximum Gasteiger partial charge on any atom is 0.203 e. The minimum Gasteiger partial charge on any atom is -0.489 e.